The highest BCUT2D eigenvalue weighted by Crippen LogP contribution is 2.31. The highest BCUT2D eigenvalue weighted by Gasteiger charge is 2.36. The van der Waals surface area contributed by atoms with E-state index in [-0.39, 0.29) is 11.8 Å². The van der Waals surface area contributed by atoms with Gasteiger partial charge in [-0.1, -0.05) is 12.1 Å². The van der Waals surface area contributed by atoms with Crippen molar-refractivity contribution in [2.24, 2.45) is 5.92 Å². The van der Waals surface area contributed by atoms with Crippen LogP contribution in [0, 0.1) is 5.92 Å². The summed E-state index contributed by atoms with van der Waals surface area (Å²) in [5.41, 5.74) is 2.12. The van der Waals surface area contributed by atoms with E-state index in [0.717, 1.165) is 43.5 Å². The smallest absolute Gasteiger partial charge is 0.228 e. The van der Waals surface area contributed by atoms with Crippen LogP contribution in [0.3, 0.4) is 0 Å². The zero-order valence-electron chi connectivity index (χ0n) is 13.7. The van der Waals surface area contributed by atoms with Gasteiger partial charge in [0, 0.05) is 19.2 Å². The second kappa shape index (κ2) is 6.73. The molecule has 1 atom stereocenters. The molecule has 6 heteroatoms. The molecule has 0 unspecified atom stereocenters. The predicted molar refractivity (Wildman–Crippen MR) is 88.5 cm³/mol. The molecule has 1 saturated carbocycles. The van der Waals surface area contributed by atoms with Crippen molar-refractivity contribution in [3.05, 3.63) is 42.5 Å². The standard InChI is InChI=1S/C18H22N4O2/c23-18(15-2-1-9-24-11-15)21(16-7-8-16)10-14-3-5-17(6-4-14)22-13-19-12-20-22/h3-6,12-13,15-16H,1-2,7-11H2/t15-/m1/s1. The highest BCUT2D eigenvalue weighted by atomic mass is 16.5. The lowest BCUT2D eigenvalue weighted by molar-refractivity contribution is -0.141. The molecule has 2 fully saturated rings. The van der Waals surface area contributed by atoms with Crippen LogP contribution in [0.25, 0.3) is 5.69 Å². The Hall–Kier alpha value is -2.21. The first-order chi connectivity index (χ1) is 11.8. The molecule has 1 aromatic heterocycles. The fourth-order valence-corrected chi connectivity index (χ4v) is 3.24. The van der Waals surface area contributed by atoms with Crippen molar-refractivity contribution < 1.29 is 9.53 Å². The van der Waals surface area contributed by atoms with Crippen molar-refractivity contribution in [2.45, 2.75) is 38.3 Å². The van der Waals surface area contributed by atoms with Crippen LogP contribution in [0.1, 0.15) is 31.2 Å². The largest absolute Gasteiger partial charge is 0.381 e. The third-order valence-electron chi connectivity index (χ3n) is 4.75. The SMILES string of the molecule is O=C([C@@H]1CCCOC1)N(Cc1ccc(-n2cncn2)cc1)C1CC1. The van der Waals surface area contributed by atoms with Crippen LogP contribution in [-0.2, 0) is 16.1 Å². The predicted octanol–water partition coefficient (Wildman–Crippen LogP) is 2.18. The van der Waals surface area contributed by atoms with Crippen LogP contribution in [-0.4, -0.2) is 44.8 Å². The molecule has 1 aromatic carbocycles. The second-order valence-electron chi connectivity index (χ2n) is 6.62. The Morgan fingerprint density at radius 1 is 1.25 bits per heavy atom. The summed E-state index contributed by atoms with van der Waals surface area (Å²) in [5, 5.41) is 4.13. The van der Waals surface area contributed by atoms with E-state index in [9.17, 15) is 4.79 Å². The first kappa shape index (κ1) is 15.3. The van der Waals surface area contributed by atoms with Gasteiger partial charge in [-0.2, -0.15) is 5.10 Å². The Bertz CT molecular complexity index is 674. The Morgan fingerprint density at radius 3 is 2.71 bits per heavy atom. The molecule has 1 aliphatic carbocycles. The van der Waals surface area contributed by atoms with Gasteiger partial charge in [-0.05, 0) is 43.4 Å². The highest BCUT2D eigenvalue weighted by molar-refractivity contribution is 5.79. The van der Waals surface area contributed by atoms with Gasteiger partial charge in [0.2, 0.25) is 5.91 Å². The van der Waals surface area contributed by atoms with Crippen LogP contribution in [0.15, 0.2) is 36.9 Å². The number of amides is 1. The van der Waals surface area contributed by atoms with Gasteiger partial charge in [-0.15, -0.1) is 0 Å². The van der Waals surface area contributed by atoms with Crippen LogP contribution in [0.4, 0.5) is 0 Å². The topological polar surface area (TPSA) is 60.2 Å². The Balaban J connectivity index is 1.46. The lowest BCUT2D eigenvalue weighted by Gasteiger charge is -2.29. The van der Waals surface area contributed by atoms with Gasteiger partial charge in [0.05, 0.1) is 18.2 Å². The van der Waals surface area contributed by atoms with Gasteiger partial charge in [0.1, 0.15) is 12.7 Å². The monoisotopic (exact) mass is 326 g/mol. The average molecular weight is 326 g/mol. The Labute approximate surface area is 141 Å². The summed E-state index contributed by atoms with van der Waals surface area (Å²) in [6, 6.07) is 8.58. The zero-order valence-corrected chi connectivity index (χ0v) is 13.7. The van der Waals surface area contributed by atoms with Crippen molar-refractivity contribution in [3.8, 4) is 5.69 Å². The number of hydrogen-bond acceptors (Lipinski definition) is 4. The molecule has 2 heterocycles. The first-order valence-electron chi connectivity index (χ1n) is 8.63. The fraction of sp³-hybridized carbons (Fsp3) is 0.500. The number of hydrogen-bond donors (Lipinski definition) is 0. The molecule has 126 valence electrons. The average Bonchev–Trinajstić information content (AvgIpc) is 3.33. The van der Waals surface area contributed by atoms with Crippen LogP contribution in [0.5, 0.6) is 0 Å². The first-order valence-corrected chi connectivity index (χ1v) is 8.63. The molecule has 0 spiro atoms. The zero-order chi connectivity index (χ0) is 16.4. The second-order valence-corrected chi connectivity index (χ2v) is 6.62. The number of nitrogens with zero attached hydrogens (tertiary/aromatic N) is 4. The summed E-state index contributed by atoms with van der Waals surface area (Å²) in [5.74, 6) is 0.298. The van der Waals surface area contributed by atoms with Crippen molar-refractivity contribution in [2.75, 3.05) is 13.2 Å². The molecule has 0 radical (unpaired) electrons. The molecule has 1 amide bonds. The van der Waals surface area contributed by atoms with Gasteiger partial charge < -0.3 is 9.64 Å². The molecule has 1 saturated heterocycles. The van der Waals surface area contributed by atoms with Crippen molar-refractivity contribution in [3.63, 3.8) is 0 Å². The molecule has 2 aromatic rings. The Kier molecular flexibility index (Phi) is 4.30. The maximum Gasteiger partial charge on any atom is 0.228 e. The summed E-state index contributed by atoms with van der Waals surface area (Å²) >= 11 is 0. The van der Waals surface area contributed by atoms with Crippen molar-refractivity contribution >= 4 is 5.91 Å². The molecular weight excluding hydrogens is 304 g/mol. The molecule has 4 rings (SSSR count). The summed E-state index contributed by atoms with van der Waals surface area (Å²) in [4.78, 5) is 18.9. The number of aromatic nitrogens is 3. The summed E-state index contributed by atoms with van der Waals surface area (Å²) in [7, 11) is 0. The van der Waals surface area contributed by atoms with Gasteiger partial charge in [-0.3, -0.25) is 4.79 Å². The fourth-order valence-electron chi connectivity index (χ4n) is 3.24. The minimum Gasteiger partial charge on any atom is -0.381 e. The van der Waals surface area contributed by atoms with Gasteiger partial charge in [0.15, 0.2) is 0 Å². The minimum absolute atomic E-state index is 0.0359. The summed E-state index contributed by atoms with van der Waals surface area (Å²) in [6.07, 6.45) is 7.38. The maximum absolute atomic E-state index is 12.9. The van der Waals surface area contributed by atoms with Crippen molar-refractivity contribution in [1.29, 1.82) is 0 Å². The maximum atomic E-state index is 12.9. The molecule has 0 N–H and O–H groups in total. The van der Waals surface area contributed by atoms with Crippen molar-refractivity contribution in [1.82, 2.24) is 19.7 Å². The van der Waals surface area contributed by atoms with E-state index in [2.05, 4.69) is 27.1 Å². The number of carbonyl (C=O) groups excluding carboxylic acids is 1. The van der Waals surface area contributed by atoms with E-state index < -0.39 is 0 Å². The lowest BCUT2D eigenvalue weighted by Crippen LogP contribution is -2.40. The Morgan fingerprint density at radius 2 is 2.08 bits per heavy atom. The van der Waals surface area contributed by atoms with E-state index in [0.29, 0.717) is 19.2 Å². The number of carbonyl (C=O) groups is 1. The normalized spacial score (nSPS) is 20.8. The van der Waals surface area contributed by atoms with Crippen LogP contribution in [0.2, 0.25) is 0 Å². The number of ether oxygens (including phenoxy) is 1. The van der Waals surface area contributed by atoms with Gasteiger partial charge in [-0.25, -0.2) is 9.67 Å². The third-order valence-corrected chi connectivity index (χ3v) is 4.75. The number of benzene rings is 1. The summed E-state index contributed by atoms with van der Waals surface area (Å²) < 4.78 is 7.23. The van der Waals surface area contributed by atoms with E-state index in [4.69, 9.17) is 4.74 Å². The van der Waals surface area contributed by atoms with Crippen LogP contribution < -0.4 is 0 Å². The van der Waals surface area contributed by atoms with E-state index in [1.54, 1.807) is 11.0 Å². The van der Waals surface area contributed by atoms with Gasteiger partial charge in [0.25, 0.3) is 0 Å². The van der Waals surface area contributed by atoms with E-state index in [1.807, 2.05) is 12.1 Å². The third kappa shape index (κ3) is 3.33. The van der Waals surface area contributed by atoms with E-state index >= 15 is 0 Å². The van der Waals surface area contributed by atoms with Crippen LogP contribution >= 0.6 is 0 Å². The number of rotatable bonds is 5. The molecule has 6 nitrogen and oxygen atoms in total. The molecule has 1 aliphatic heterocycles. The molecular formula is C18H22N4O2. The van der Waals surface area contributed by atoms with Gasteiger partial charge >= 0.3 is 0 Å². The minimum atomic E-state index is 0.0359. The quantitative estimate of drug-likeness (QED) is 0.845. The molecule has 0 bridgehead atoms. The van der Waals surface area contributed by atoms with E-state index in [1.165, 1.54) is 6.33 Å². The summed E-state index contributed by atoms with van der Waals surface area (Å²) in [6.45, 7) is 2.04. The molecule has 24 heavy (non-hydrogen) atoms. The molecule has 2 aliphatic rings. The lowest BCUT2D eigenvalue weighted by atomic mass is 10.00.